The monoisotopic (exact) mass is 330 g/mol. The predicted octanol–water partition coefficient (Wildman–Crippen LogP) is 2.80. The highest BCUT2D eigenvalue weighted by Gasteiger charge is 2.16. The van der Waals surface area contributed by atoms with Crippen LogP contribution in [0.5, 0.6) is 0 Å². The number of carbonyl (C=O) groups is 1. The van der Waals surface area contributed by atoms with Gasteiger partial charge in [0.15, 0.2) is 5.16 Å². The van der Waals surface area contributed by atoms with E-state index < -0.39 is 0 Å². The van der Waals surface area contributed by atoms with E-state index in [4.69, 9.17) is 5.84 Å². The Morgan fingerprint density at radius 3 is 2.74 bits per heavy atom. The lowest BCUT2D eigenvalue weighted by atomic mass is 9.95. The first-order chi connectivity index (χ1) is 11.2. The van der Waals surface area contributed by atoms with E-state index in [-0.39, 0.29) is 5.91 Å². The summed E-state index contributed by atoms with van der Waals surface area (Å²) in [6.07, 6.45) is 7.70. The van der Waals surface area contributed by atoms with Crippen molar-refractivity contribution < 1.29 is 4.79 Å². The van der Waals surface area contributed by atoms with Gasteiger partial charge in [-0.05, 0) is 12.8 Å². The summed E-state index contributed by atoms with van der Waals surface area (Å²) in [5.41, 5.74) is 1.84. The van der Waals surface area contributed by atoms with E-state index in [2.05, 4.69) is 10.3 Å². The summed E-state index contributed by atoms with van der Waals surface area (Å²) in [4.78, 5) is 16.6. The van der Waals surface area contributed by atoms with Crippen molar-refractivity contribution in [2.24, 2.45) is 0 Å². The maximum Gasteiger partial charge on any atom is 0.230 e. The Bertz CT molecular complexity index is 650. The molecule has 0 saturated heterocycles. The molecular formula is C17H22N4OS. The van der Waals surface area contributed by atoms with Crippen molar-refractivity contribution in [1.29, 1.82) is 0 Å². The second kappa shape index (κ2) is 7.55. The van der Waals surface area contributed by atoms with Crippen LogP contribution in [0.2, 0.25) is 0 Å². The summed E-state index contributed by atoms with van der Waals surface area (Å²) < 4.78 is 1.49. The first kappa shape index (κ1) is 15.9. The number of nitrogens with two attached hydrogens (primary N) is 1. The van der Waals surface area contributed by atoms with E-state index in [9.17, 15) is 4.79 Å². The molecule has 23 heavy (non-hydrogen) atoms. The number of nitrogens with zero attached hydrogens (tertiary/aromatic N) is 2. The molecule has 3 N–H and O–H groups in total. The fourth-order valence-electron chi connectivity index (χ4n) is 2.88. The molecule has 0 radical (unpaired) electrons. The maximum absolute atomic E-state index is 12.1. The highest BCUT2D eigenvalue weighted by atomic mass is 32.2. The smallest absolute Gasteiger partial charge is 0.230 e. The molecule has 1 amide bonds. The van der Waals surface area contributed by atoms with Crippen molar-refractivity contribution in [3.63, 3.8) is 0 Å². The number of thioether (sulfide) groups is 1. The predicted molar refractivity (Wildman–Crippen MR) is 93.6 cm³/mol. The van der Waals surface area contributed by atoms with Gasteiger partial charge in [-0.25, -0.2) is 9.66 Å². The summed E-state index contributed by atoms with van der Waals surface area (Å²) in [6.45, 7) is 0. The van der Waals surface area contributed by atoms with Crippen LogP contribution in [-0.4, -0.2) is 27.4 Å². The minimum absolute atomic E-state index is 0.0613. The van der Waals surface area contributed by atoms with Crippen LogP contribution >= 0.6 is 11.8 Å². The largest absolute Gasteiger partial charge is 0.353 e. The normalized spacial score (nSPS) is 15.5. The van der Waals surface area contributed by atoms with E-state index >= 15 is 0 Å². The fraction of sp³-hybridized carbons (Fsp3) is 0.412. The van der Waals surface area contributed by atoms with Gasteiger partial charge >= 0.3 is 0 Å². The molecule has 0 aliphatic heterocycles. The maximum atomic E-state index is 12.1. The molecule has 1 aliphatic carbocycles. The number of benzene rings is 1. The molecule has 1 aromatic heterocycles. The Labute approximate surface area is 140 Å². The lowest BCUT2D eigenvalue weighted by Gasteiger charge is -2.22. The summed E-state index contributed by atoms with van der Waals surface area (Å²) in [5, 5.41) is 3.76. The highest BCUT2D eigenvalue weighted by Crippen LogP contribution is 2.23. The number of nitrogen functional groups attached to an aromatic ring is 1. The number of aromatic nitrogens is 2. The molecule has 0 atom stereocenters. The quantitative estimate of drug-likeness (QED) is 0.653. The molecule has 1 saturated carbocycles. The van der Waals surface area contributed by atoms with Crippen molar-refractivity contribution in [1.82, 2.24) is 15.0 Å². The lowest BCUT2D eigenvalue weighted by molar-refractivity contribution is -0.119. The van der Waals surface area contributed by atoms with Crippen LogP contribution in [0.3, 0.4) is 0 Å². The van der Waals surface area contributed by atoms with Crippen LogP contribution in [0.4, 0.5) is 0 Å². The number of hydrogen-bond acceptors (Lipinski definition) is 4. The molecule has 0 bridgehead atoms. The zero-order valence-corrected chi connectivity index (χ0v) is 13.9. The number of carbonyl (C=O) groups excluding carboxylic acids is 1. The lowest BCUT2D eigenvalue weighted by Crippen LogP contribution is -2.37. The molecule has 3 rings (SSSR count). The van der Waals surface area contributed by atoms with Crippen LogP contribution in [0.25, 0.3) is 11.3 Å². The Balaban J connectivity index is 1.56. The Hall–Kier alpha value is -1.95. The van der Waals surface area contributed by atoms with Crippen LogP contribution < -0.4 is 11.2 Å². The summed E-state index contributed by atoms with van der Waals surface area (Å²) in [7, 11) is 0. The number of hydrogen-bond donors (Lipinski definition) is 2. The van der Waals surface area contributed by atoms with Crippen LogP contribution in [0.15, 0.2) is 41.7 Å². The zero-order valence-electron chi connectivity index (χ0n) is 13.1. The van der Waals surface area contributed by atoms with Crippen molar-refractivity contribution in [2.75, 3.05) is 11.6 Å². The Morgan fingerprint density at radius 2 is 2.00 bits per heavy atom. The van der Waals surface area contributed by atoms with Gasteiger partial charge in [0.25, 0.3) is 0 Å². The molecular weight excluding hydrogens is 308 g/mol. The third kappa shape index (κ3) is 4.28. The van der Waals surface area contributed by atoms with Gasteiger partial charge < -0.3 is 11.2 Å². The van der Waals surface area contributed by atoms with Crippen molar-refractivity contribution >= 4 is 17.7 Å². The van der Waals surface area contributed by atoms with Crippen LogP contribution in [0.1, 0.15) is 32.1 Å². The summed E-state index contributed by atoms with van der Waals surface area (Å²) in [5.74, 6) is 6.36. The zero-order chi connectivity index (χ0) is 16.1. The summed E-state index contributed by atoms with van der Waals surface area (Å²) >= 11 is 1.37. The third-order valence-electron chi connectivity index (χ3n) is 4.07. The van der Waals surface area contributed by atoms with Gasteiger partial charge in [-0.2, -0.15) is 0 Å². The van der Waals surface area contributed by atoms with E-state index in [1.165, 1.54) is 35.7 Å². The van der Waals surface area contributed by atoms with Crippen LogP contribution in [0, 0.1) is 0 Å². The van der Waals surface area contributed by atoms with Gasteiger partial charge in [-0.3, -0.25) is 4.79 Å². The Morgan fingerprint density at radius 1 is 1.26 bits per heavy atom. The average Bonchev–Trinajstić information content (AvgIpc) is 2.96. The molecule has 1 aromatic carbocycles. The number of nitrogens with one attached hydrogen (secondary N) is 1. The average molecular weight is 330 g/mol. The molecule has 2 aromatic rings. The van der Waals surface area contributed by atoms with Gasteiger partial charge in [-0.15, -0.1) is 0 Å². The molecule has 6 heteroatoms. The van der Waals surface area contributed by atoms with Crippen LogP contribution in [-0.2, 0) is 4.79 Å². The van der Waals surface area contributed by atoms with E-state index in [0.29, 0.717) is 17.0 Å². The second-order valence-electron chi connectivity index (χ2n) is 5.87. The van der Waals surface area contributed by atoms with Gasteiger partial charge in [0.05, 0.1) is 17.6 Å². The first-order valence-corrected chi connectivity index (χ1v) is 9.03. The molecule has 1 fully saturated rings. The number of imidazole rings is 1. The minimum atomic E-state index is 0.0613. The standard InChI is InChI=1S/C17H22N4OS/c18-21-11-15(13-7-3-1-4-8-13)20-17(21)23-12-16(22)19-14-9-5-2-6-10-14/h1,3-4,7-8,11,14H,2,5-6,9-10,12,18H2,(H,19,22). The highest BCUT2D eigenvalue weighted by molar-refractivity contribution is 7.99. The van der Waals surface area contributed by atoms with Gasteiger partial charge in [0.2, 0.25) is 5.91 Å². The molecule has 122 valence electrons. The van der Waals surface area contributed by atoms with Gasteiger partial charge in [0, 0.05) is 11.6 Å². The van der Waals surface area contributed by atoms with Gasteiger partial charge in [-0.1, -0.05) is 61.4 Å². The Kier molecular flexibility index (Phi) is 5.23. The fourth-order valence-corrected chi connectivity index (χ4v) is 3.59. The minimum Gasteiger partial charge on any atom is -0.353 e. The molecule has 0 spiro atoms. The third-order valence-corrected chi connectivity index (χ3v) is 5.04. The van der Waals surface area contributed by atoms with E-state index in [1.807, 2.05) is 30.3 Å². The second-order valence-corrected chi connectivity index (χ2v) is 6.82. The number of rotatable bonds is 5. The molecule has 0 unspecified atom stereocenters. The van der Waals surface area contributed by atoms with Crippen molar-refractivity contribution in [2.45, 2.75) is 43.3 Å². The SMILES string of the molecule is Nn1cc(-c2ccccc2)nc1SCC(=O)NC1CCCCC1. The molecule has 5 nitrogen and oxygen atoms in total. The topological polar surface area (TPSA) is 72.9 Å². The summed E-state index contributed by atoms with van der Waals surface area (Å²) in [6, 6.07) is 10.2. The van der Waals surface area contributed by atoms with E-state index in [0.717, 1.165) is 24.1 Å². The number of amides is 1. The van der Waals surface area contributed by atoms with E-state index in [1.54, 1.807) is 6.20 Å². The first-order valence-electron chi connectivity index (χ1n) is 8.04. The van der Waals surface area contributed by atoms with Gasteiger partial charge in [0.1, 0.15) is 0 Å². The van der Waals surface area contributed by atoms with Crippen molar-refractivity contribution in [3.05, 3.63) is 36.5 Å². The molecule has 1 aliphatic rings. The van der Waals surface area contributed by atoms with Crippen molar-refractivity contribution in [3.8, 4) is 11.3 Å². The molecule has 1 heterocycles.